The van der Waals surface area contributed by atoms with E-state index in [1.54, 1.807) is 0 Å². The van der Waals surface area contributed by atoms with Crippen LogP contribution in [0.1, 0.15) is 50.9 Å². The molecule has 0 saturated carbocycles. The summed E-state index contributed by atoms with van der Waals surface area (Å²) in [5.74, 6) is 0.996. The van der Waals surface area contributed by atoms with Gasteiger partial charge >= 0.3 is 0 Å². The predicted molar refractivity (Wildman–Crippen MR) is 66.7 cm³/mol. The Bertz CT molecular complexity index is 530. The van der Waals surface area contributed by atoms with Gasteiger partial charge in [-0.05, 0) is 11.8 Å². The van der Waals surface area contributed by atoms with Crippen LogP contribution < -0.4 is 5.73 Å². The summed E-state index contributed by atoms with van der Waals surface area (Å²) < 4.78 is 28.0. The molecule has 7 heteroatoms. The predicted octanol–water partition coefficient (Wildman–Crippen LogP) is 1.02. The zero-order valence-corrected chi connectivity index (χ0v) is 11.7. The van der Waals surface area contributed by atoms with Crippen LogP contribution in [0.2, 0.25) is 0 Å². The Hall–Kier alpha value is -0.950. The summed E-state index contributed by atoms with van der Waals surface area (Å²) in [5.41, 5.74) is 5.85. The molecule has 2 heterocycles. The highest BCUT2D eigenvalue weighted by molar-refractivity contribution is 7.91. The maximum Gasteiger partial charge on any atom is 0.244 e. The van der Waals surface area contributed by atoms with Crippen molar-refractivity contribution in [3.05, 3.63) is 11.7 Å². The number of nitrogens with two attached hydrogens (primary N) is 1. The molecule has 2 rings (SSSR count). The normalized spacial score (nSPS) is 25.2. The summed E-state index contributed by atoms with van der Waals surface area (Å²) in [5, 5.41) is 3.87. The fraction of sp³-hybridized carbons (Fsp3) is 0.818. The van der Waals surface area contributed by atoms with E-state index in [9.17, 15) is 8.42 Å². The second-order valence-corrected chi connectivity index (χ2v) is 8.16. The molecule has 18 heavy (non-hydrogen) atoms. The molecule has 6 nitrogen and oxygen atoms in total. The topological polar surface area (TPSA) is 99.1 Å². The van der Waals surface area contributed by atoms with Gasteiger partial charge in [0.2, 0.25) is 5.89 Å². The van der Waals surface area contributed by atoms with Gasteiger partial charge in [0.15, 0.2) is 15.7 Å². The van der Waals surface area contributed by atoms with Gasteiger partial charge in [-0.1, -0.05) is 25.9 Å². The number of nitrogens with zero attached hydrogens (tertiary/aromatic N) is 2. The van der Waals surface area contributed by atoms with Crippen molar-refractivity contribution in [1.29, 1.82) is 0 Å². The third-order valence-corrected chi connectivity index (χ3v) is 5.02. The van der Waals surface area contributed by atoms with E-state index in [0.717, 1.165) is 0 Å². The van der Waals surface area contributed by atoms with E-state index in [1.165, 1.54) is 0 Å². The highest BCUT2D eigenvalue weighted by Gasteiger charge is 2.34. The molecule has 0 aromatic carbocycles. The van der Waals surface area contributed by atoms with Crippen LogP contribution in [0.25, 0.3) is 0 Å². The number of hydrogen-bond acceptors (Lipinski definition) is 6. The van der Waals surface area contributed by atoms with Gasteiger partial charge < -0.3 is 10.3 Å². The number of rotatable bonds is 2. The van der Waals surface area contributed by atoms with Gasteiger partial charge in [-0.2, -0.15) is 4.98 Å². The van der Waals surface area contributed by atoms with Crippen LogP contribution in [0.5, 0.6) is 0 Å². The van der Waals surface area contributed by atoms with Crippen molar-refractivity contribution in [2.24, 2.45) is 11.1 Å². The molecule has 0 radical (unpaired) electrons. The van der Waals surface area contributed by atoms with E-state index >= 15 is 0 Å². The zero-order valence-electron chi connectivity index (χ0n) is 10.9. The number of sulfone groups is 1. The van der Waals surface area contributed by atoms with E-state index in [0.29, 0.717) is 18.1 Å². The first kappa shape index (κ1) is 13.5. The van der Waals surface area contributed by atoms with Gasteiger partial charge in [0.25, 0.3) is 0 Å². The van der Waals surface area contributed by atoms with Gasteiger partial charge in [-0.25, -0.2) is 8.42 Å². The molecule has 0 aliphatic carbocycles. The molecule has 1 aliphatic heterocycles. The number of hydrogen-bond donors (Lipinski definition) is 1. The SMILES string of the molecule is CC(C)(C)C(N)c1nc(C2CCS(=O)(=O)C2)no1. The second-order valence-electron chi connectivity index (χ2n) is 5.93. The lowest BCUT2D eigenvalue weighted by Crippen LogP contribution is -2.26. The number of aromatic nitrogens is 2. The summed E-state index contributed by atoms with van der Waals surface area (Å²) >= 11 is 0. The van der Waals surface area contributed by atoms with Gasteiger partial charge in [0.05, 0.1) is 17.5 Å². The third-order valence-electron chi connectivity index (χ3n) is 3.25. The minimum Gasteiger partial charge on any atom is -0.338 e. The molecule has 2 atom stereocenters. The molecule has 102 valence electrons. The van der Waals surface area contributed by atoms with Crippen molar-refractivity contribution in [1.82, 2.24) is 10.1 Å². The fourth-order valence-corrected chi connectivity index (χ4v) is 3.65. The van der Waals surface area contributed by atoms with E-state index in [-0.39, 0.29) is 28.9 Å². The largest absolute Gasteiger partial charge is 0.338 e. The van der Waals surface area contributed by atoms with Crippen LogP contribution in [-0.4, -0.2) is 30.1 Å². The molecule has 0 bridgehead atoms. The summed E-state index contributed by atoms with van der Waals surface area (Å²) in [6, 6.07) is -0.350. The molecule has 1 aromatic rings. The van der Waals surface area contributed by atoms with Crippen LogP contribution >= 0.6 is 0 Å². The maximum atomic E-state index is 11.4. The van der Waals surface area contributed by atoms with Crippen LogP contribution in [0, 0.1) is 5.41 Å². The van der Waals surface area contributed by atoms with Crippen LogP contribution in [0.3, 0.4) is 0 Å². The monoisotopic (exact) mass is 273 g/mol. The standard InChI is InChI=1S/C11H19N3O3S/c1-11(2,3)8(12)10-13-9(14-17-10)7-4-5-18(15,16)6-7/h7-8H,4-6,12H2,1-3H3. The molecule has 1 fully saturated rings. The van der Waals surface area contributed by atoms with Crippen LogP contribution in [-0.2, 0) is 9.84 Å². The van der Waals surface area contributed by atoms with Crippen molar-refractivity contribution < 1.29 is 12.9 Å². The minimum atomic E-state index is -2.94. The lowest BCUT2D eigenvalue weighted by Gasteiger charge is -2.23. The second kappa shape index (κ2) is 4.31. The van der Waals surface area contributed by atoms with E-state index in [1.807, 2.05) is 20.8 Å². The van der Waals surface area contributed by atoms with Gasteiger partial charge in [-0.15, -0.1) is 0 Å². The lowest BCUT2D eigenvalue weighted by atomic mass is 9.87. The molecular formula is C11H19N3O3S. The Morgan fingerprint density at radius 1 is 1.44 bits per heavy atom. The van der Waals surface area contributed by atoms with E-state index < -0.39 is 9.84 Å². The van der Waals surface area contributed by atoms with Gasteiger partial charge in [-0.3, -0.25) is 0 Å². The zero-order chi connectivity index (χ0) is 13.6. The first-order valence-electron chi connectivity index (χ1n) is 5.98. The lowest BCUT2D eigenvalue weighted by molar-refractivity contribution is 0.252. The third kappa shape index (κ3) is 2.72. The van der Waals surface area contributed by atoms with Crippen molar-refractivity contribution >= 4 is 9.84 Å². The molecular weight excluding hydrogens is 254 g/mol. The van der Waals surface area contributed by atoms with Crippen LogP contribution in [0.4, 0.5) is 0 Å². The molecule has 1 aromatic heterocycles. The van der Waals surface area contributed by atoms with Gasteiger partial charge in [0, 0.05) is 5.92 Å². The highest BCUT2D eigenvalue weighted by atomic mass is 32.2. The van der Waals surface area contributed by atoms with Crippen molar-refractivity contribution in [3.63, 3.8) is 0 Å². The van der Waals surface area contributed by atoms with Crippen LogP contribution in [0.15, 0.2) is 4.52 Å². The minimum absolute atomic E-state index is 0.108. The molecule has 2 N–H and O–H groups in total. The quantitative estimate of drug-likeness (QED) is 0.863. The average molecular weight is 273 g/mol. The fourth-order valence-electron chi connectivity index (χ4n) is 1.91. The van der Waals surface area contributed by atoms with E-state index in [4.69, 9.17) is 10.3 Å². The average Bonchev–Trinajstić information content (AvgIpc) is 2.81. The maximum absolute atomic E-state index is 11.4. The van der Waals surface area contributed by atoms with Crippen molar-refractivity contribution in [2.45, 2.75) is 39.2 Å². The van der Waals surface area contributed by atoms with Crippen molar-refractivity contribution in [3.8, 4) is 0 Å². The molecule has 0 spiro atoms. The summed E-state index contributed by atoms with van der Waals surface area (Å²) in [4.78, 5) is 4.26. The Balaban J connectivity index is 2.17. The highest BCUT2D eigenvalue weighted by Crippen LogP contribution is 2.32. The smallest absolute Gasteiger partial charge is 0.244 e. The summed E-state index contributed by atoms with van der Waals surface area (Å²) in [6.45, 7) is 5.96. The Morgan fingerprint density at radius 2 is 2.11 bits per heavy atom. The Morgan fingerprint density at radius 3 is 2.61 bits per heavy atom. The van der Waals surface area contributed by atoms with Gasteiger partial charge in [0.1, 0.15) is 0 Å². The first-order valence-corrected chi connectivity index (χ1v) is 7.81. The summed E-state index contributed by atoms with van der Waals surface area (Å²) in [6.07, 6.45) is 0.562. The van der Waals surface area contributed by atoms with Crippen molar-refractivity contribution in [2.75, 3.05) is 11.5 Å². The molecule has 0 amide bonds. The Kier molecular flexibility index (Phi) is 3.23. The Labute approximate surface area is 107 Å². The molecule has 1 aliphatic rings. The van der Waals surface area contributed by atoms with E-state index in [2.05, 4.69) is 10.1 Å². The molecule has 2 unspecified atom stereocenters. The summed E-state index contributed by atoms with van der Waals surface area (Å²) in [7, 11) is -2.94. The first-order chi connectivity index (χ1) is 8.19. The molecule has 1 saturated heterocycles.